The first-order chi connectivity index (χ1) is 12.2. The molecule has 127 valence electrons. The molecule has 0 atom stereocenters. The van der Waals surface area contributed by atoms with Gasteiger partial charge in [-0.2, -0.15) is 0 Å². The summed E-state index contributed by atoms with van der Waals surface area (Å²) in [5.41, 5.74) is 4.07. The quantitative estimate of drug-likeness (QED) is 0.767. The van der Waals surface area contributed by atoms with Crippen molar-refractivity contribution in [2.45, 2.75) is 0 Å². The zero-order valence-electron chi connectivity index (χ0n) is 14.2. The van der Waals surface area contributed by atoms with Gasteiger partial charge in [-0.25, -0.2) is 0 Å². The fourth-order valence-corrected chi connectivity index (χ4v) is 3.29. The average molecular weight is 352 g/mol. The third-order valence-corrected chi connectivity index (χ3v) is 4.86. The molecule has 0 saturated carbocycles. The Morgan fingerprint density at radius 2 is 1.92 bits per heavy atom. The molecule has 0 spiro atoms. The second-order valence-corrected chi connectivity index (χ2v) is 6.83. The Labute approximate surface area is 153 Å². The molecule has 0 bridgehead atoms. The van der Waals surface area contributed by atoms with Gasteiger partial charge in [0.1, 0.15) is 0 Å². The van der Waals surface area contributed by atoms with Gasteiger partial charge in [-0.1, -0.05) is 11.6 Å². The summed E-state index contributed by atoms with van der Waals surface area (Å²) in [6, 6.07) is 17.4. The molecule has 4 nitrogen and oxygen atoms in total. The Hall–Kier alpha value is -2.30. The highest BCUT2D eigenvalue weighted by molar-refractivity contribution is 6.31. The van der Waals surface area contributed by atoms with E-state index < -0.39 is 0 Å². The van der Waals surface area contributed by atoms with Gasteiger partial charge in [-0.05, 0) is 49.5 Å². The van der Waals surface area contributed by atoms with Gasteiger partial charge in [-0.3, -0.25) is 4.98 Å². The van der Waals surface area contributed by atoms with Crippen LogP contribution in [-0.4, -0.2) is 43.1 Å². The minimum atomic E-state index is 0.696. The Balaban J connectivity index is 1.54. The van der Waals surface area contributed by atoms with Crippen LogP contribution in [0.3, 0.4) is 0 Å². The molecule has 25 heavy (non-hydrogen) atoms. The number of fused-ring (bicyclic) bond motifs is 1. The van der Waals surface area contributed by atoms with Crippen LogP contribution in [0.15, 0.2) is 48.7 Å². The second-order valence-electron chi connectivity index (χ2n) is 6.40. The maximum Gasteiger partial charge on any atom is 0.0737 e. The summed E-state index contributed by atoms with van der Waals surface area (Å²) in [5, 5.41) is 5.21. The van der Waals surface area contributed by atoms with Gasteiger partial charge in [0.05, 0.1) is 5.52 Å². The SMILES string of the molecule is CN1CCN(c2[c]cc(Nc3ccnc4cc(Cl)ccc34)cc2)CC1. The molecule has 0 unspecified atom stereocenters. The lowest BCUT2D eigenvalue weighted by atomic mass is 10.1. The Morgan fingerprint density at radius 3 is 2.68 bits per heavy atom. The zero-order chi connectivity index (χ0) is 17.2. The van der Waals surface area contributed by atoms with Crippen molar-refractivity contribution in [3.63, 3.8) is 0 Å². The lowest BCUT2D eigenvalue weighted by molar-refractivity contribution is 0.313. The van der Waals surface area contributed by atoms with Crippen LogP contribution < -0.4 is 10.2 Å². The van der Waals surface area contributed by atoms with E-state index in [0.29, 0.717) is 5.02 Å². The highest BCUT2D eigenvalue weighted by atomic mass is 35.5. The molecule has 2 aromatic carbocycles. The first-order valence-corrected chi connectivity index (χ1v) is 8.83. The van der Waals surface area contributed by atoms with Crippen molar-refractivity contribution in [3.8, 4) is 0 Å². The number of nitrogens with zero attached hydrogens (tertiary/aromatic N) is 3. The summed E-state index contributed by atoms with van der Waals surface area (Å²) in [6.07, 6.45) is 1.79. The van der Waals surface area contributed by atoms with Crippen molar-refractivity contribution in [1.82, 2.24) is 9.88 Å². The highest BCUT2D eigenvalue weighted by Gasteiger charge is 2.14. The highest BCUT2D eigenvalue weighted by Crippen LogP contribution is 2.28. The lowest BCUT2D eigenvalue weighted by Crippen LogP contribution is -2.44. The van der Waals surface area contributed by atoms with Crippen LogP contribution in [0.2, 0.25) is 5.02 Å². The van der Waals surface area contributed by atoms with Gasteiger partial charge in [0, 0.05) is 65.9 Å². The van der Waals surface area contributed by atoms with E-state index in [0.717, 1.165) is 54.1 Å². The number of halogens is 1. The molecule has 1 aromatic heterocycles. The molecule has 1 N–H and O–H groups in total. The summed E-state index contributed by atoms with van der Waals surface area (Å²) < 4.78 is 0. The van der Waals surface area contributed by atoms with E-state index in [1.165, 1.54) is 0 Å². The Kier molecular flexibility index (Phi) is 4.47. The molecule has 0 amide bonds. The van der Waals surface area contributed by atoms with E-state index in [1.807, 2.05) is 30.3 Å². The van der Waals surface area contributed by atoms with Crippen LogP contribution >= 0.6 is 11.6 Å². The minimum Gasteiger partial charge on any atom is -0.368 e. The van der Waals surface area contributed by atoms with Gasteiger partial charge in [0.2, 0.25) is 0 Å². The molecule has 0 aliphatic carbocycles. The van der Waals surface area contributed by atoms with Crippen LogP contribution in [0, 0.1) is 6.07 Å². The number of piperazine rings is 1. The number of benzene rings is 2. The number of hydrogen-bond acceptors (Lipinski definition) is 4. The van der Waals surface area contributed by atoms with Crippen LogP contribution in [0.4, 0.5) is 17.1 Å². The van der Waals surface area contributed by atoms with Crippen molar-refractivity contribution in [2.75, 3.05) is 43.4 Å². The smallest absolute Gasteiger partial charge is 0.0737 e. The van der Waals surface area contributed by atoms with E-state index in [1.54, 1.807) is 6.20 Å². The van der Waals surface area contributed by atoms with Crippen molar-refractivity contribution < 1.29 is 0 Å². The molecule has 2 heterocycles. The Bertz CT molecular complexity index is 871. The zero-order valence-corrected chi connectivity index (χ0v) is 14.9. The molecular formula is C20H20ClN4. The monoisotopic (exact) mass is 351 g/mol. The maximum atomic E-state index is 6.06. The number of hydrogen-bond donors (Lipinski definition) is 1. The van der Waals surface area contributed by atoms with E-state index in [4.69, 9.17) is 11.6 Å². The van der Waals surface area contributed by atoms with Crippen LogP contribution in [0.1, 0.15) is 0 Å². The predicted octanol–water partition coefficient (Wildman–Crippen LogP) is 4.18. The lowest BCUT2D eigenvalue weighted by Gasteiger charge is -2.33. The molecule has 1 aliphatic rings. The van der Waals surface area contributed by atoms with Gasteiger partial charge < -0.3 is 15.1 Å². The number of nitrogens with one attached hydrogen (secondary N) is 1. The van der Waals surface area contributed by atoms with Gasteiger partial charge in [0.25, 0.3) is 0 Å². The van der Waals surface area contributed by atoms with Crippen molar-refractivity contribution in [2.24, 2.45) is 0 Å². The molecule has 1 fully saturated rings. The number of pyridine rings is 1. The van der Waals surface area contributed by atoms with Crippen molar-refractivity contribution >= 4 is 39.6 Å². The molecular weight excluding hydrogens is 332 g/mol. The van der Waals surface area contributed by atoms with Gasteiger partial charge in [-0.15, -0.1) is 0 Å². The molecule has 1 aliphatic heterocycles. The largest absolute Gasteiger partial charge is 0.368 e. The molecule has 1 saturated heterocycles. The number of anilines is 3. The molecule has 5 heteroatoms. The van der Waals surface area contributed by atoms with Crippen LogP contribution in [0.5, 0.6) is 0 Å². The van der Waals surface area contributed by atoms with Crippen LogP contribution in [0.25, 0.3) is 10.9 Å². The summed E-state index contributed by atoms with van der Waals surface area (Å²) >= 11 is 6.06. The molecule has 3 aromatic rings. The summed E-state index contributed by atoms with van der Waals surface area (Å²) in [7, 11) is 2.17. The van der Waals surface area contributed by atoms with Gasteiger partial charge in [0.15, 0.2) is 0 Å². The summed E-state index contributed by atoms with van der Waals surface area (Å²) in [5.74, 6) is 0. The molecule has 1 radical (unpaired) electrons. The van der Waals surface area contributed by atoms with E-state index in [2.05, 4.69) is 45.3 Å². The minimum absolute atomic E-state index is 0.696. The van der Waals surface area contributed by atoms with E-state index in [9.17, 15) is 0 Å². The first-order valence-electron chi connectivity index (χ1n) is 8.45. The topological polar surface area (TPSA) is 31.4 Å². The normalized spacial score (nSPS) is 15.5. The molecule has 4 rings (SSSR count). The summed E-state index contributed by atoms with van der Waals surface area (Å²) in [6.45, 7) is 4.30. The fourth-order valence-electron chi connectivity index (χ4n) is 3.12. The second kappa shape index (κ2) is 6.90. The fraction of sp³-hybridized carbons (Fsp3) is 0.250. The standard InChI is InChI=1S/C20H20ClN4/c1-24-10-12-25(13-11-24)17-5-3-16(4-6-17)23-19-8-9-22-20-14-15(21)2-7-18(19)20/h2-5,7-9,14H,10-13H2,1H3,(H,22,23). The van der Waals surface area contributed by atoms with E-state index >= 15 is 0 Å². The number of rotatable bonds is 3. The van der Waals surface area contributed by atoms with E-state index in [-0.39, 0.29) is 0 Å². The predicted molar refractivity (Wildman–Crippen MR) is 105 cm³/mol. The third-order valence-electron chi connectivity index (χ3n) is 4.62. The van der Waals surface area contributed by atoms with Crippen molar-refractivity contribution in [3.05, 3.63) is 59.8 Å². The number of likely N-dealkylation sites (N-methyl/N-ethyl adjacent to an activating group) is 1. The Morgan fingerprint density at radius 1 is 1.08 bits per heavy atom. The van der Waals surface area contributed by atoms with Crippen LogP contribution in [-0.2, 0) is 0 Å². The third kappa shape index (κ3) is 3.55. The first kappa shape index (κ1) is 16.2. The summed E-state index contributed by atoms with van der Waals surface area (Å²) in [4.78, 5) is 9.12. The average Bonchev–Trinajstić information content (AvgIpc) is 2.63. The van der Waals surface area contributed by atoms with Gasteiger partial charge >= 0.3 is 0 Å². The van der Waals surface area contributed by atoms with Crippen molar-refractivity contribution in [1.29, 1.82) is 0 Å². The maximum absolute atomic E-state index is 6.06. The number of aromatic nitrogens is 1.